The number of carbonyl (C=O) groups excluding carboxylic acids is 1. The molecule has 0 saturated heterocycles. The molecule has 0 fully saturated rings. The van der Waals surface area contributed by atoms with Crippen LogP contribution < -0.4 is 20.1 Å². The van der Waals surface area contributed by atoms with Crippen LogP contribution in [0.15, 0.2) is 85.5 Å². The average Bonchev–Trinajstić information content (AvgIpc) is 3.51. The molecule has 3 N–H and O–H groups in total. The summed E-state index contributed by atoms with van der Waals surface area (Å²) < 4.78 is 11.7. The second-order valence-electron chi connectivity index (χ2n) is 8.83. The lowest BCUT2D eigenvalue weighted by molar-refractivity contribution is -0.111. The maximum absolute atomic E-state index is 12.7. The van der Waals surface area contributed by atoms with E-state index in [-0.39, 0.29) is 5.91 Å². The van der Waals surface area contributed by atoms with Crippen molar-refractivity contribution in [3.63, 3.8) is 0 Å². The number of nitriles is 1. The molecule has 0 aliphatic rings. The van der Waals surface area contributed by atoms with Crippen LogP contribution in [0.5, 0.6) is 11.5 Å². The molecule has 0 radical (unpaired) electrons. The molecule has 1 amide bonds. The maximum atomic E-state index is 12.7. The van der Waals surface area contributed by atoms with Crippen molar-refractivity contribution in [2.24, 2.45) is 0 Å². The van der Waals surface area contributed by atoms with Crippen LogP contribution in [0.3, 0.4) is 0 Å². The van der Waals surface area contributed by atoms with Crippen molar-refractivity contribution in [2.45, 2.75) is 13.5 Å². The van der Waals surface area contributed by atoms with Gasteiger partial charge in [-0.2, -0.15) is 5.26 Å². The summed E-state index contributed by atoms with van der Waals surface area (Å²) in [4.78, 5) is 24.0. The summed E-state index contributed by atoms with van der Waals surface area (Å²) >= 11 is 6.54. The predicted molar refractivity (Wildman–Crippen MR) is 159 cm³/mol. The van der Waals surface area contributed by atoms with E-state index in [1.165, 1.54) is 18.6 Å². The summed E-state index contributed by atoms with van der Waals surface area (Å²) in [5.74, 6) is 0.627. The van der Waals surface area contributed by atoms with Crippen LogP contribution in [0.1, 0.15) is 23.7 Å². The van der Waals surface area contributed by atoms with E-state index < -0.39 is 0 Å². The Bertz CT molecular complexity index is 1750. The molecule has 0 aliphatic heterocycles. The highest BCUT2D eigenvalue weighted by atomic mass is 35.5. The number of amides is 1. The summed E-state index contributed by atoms with van der Waals surface area (Å²) in [6.45, 7) is 2.62. The van der Waals surface area contributed by atoms with Crippen LogP contribution in [0, 0.1) is 11.3 Å². The standard InChI is InChI=1S/C31H25ClN6O3/c1-2-40-29-14-26-24(13-27(29)38-30(39)11-9-23-17-34-19-36-23)31(21(15-33)16-35-26)37-22-8-10-28(25(32)12-22)41-18-20-6-4-3-5-7-20/h3-14,16-17,19H,2,18H2,1H3,(H,34,36)(H,35,37)(H,38,39)/b11-9+. The van der Waals surface area contributed by atoms with Crippen LogP contribution in [-0.4, -0.2) is 27.5 Å². The third-order valence-electron chi connectivity index (χ3n) is 6.02. The number of nitrogens with zero attached hydrogens (tertiary/aromatic N) is 3. The minimum atomic E-state index is -0.364. The largest absolute Gasteiger partial charge is 0.492 e. The third kappa shape index (κ3) is 6.64. The number of hydrogen-bond donors (Lipinski definition) is 3. The van der Waals surface area contributed by atoms with E-state index in [1.807, 2.05) is 43.3 Å². The number of fused-ring (bicyclic) bond motifs is 1. The number of ether oxygens (including phenoxy) is 2. The number of imidazole rings is 1. The monoisotopic (exact) mass is 564 g/mol. The molecule has 5 aromatic rings. The van der Waals surface area contributed by atoms with Gasteiger partial charge in [-0.1, -0.05) is 41.9 Å². The van der Waals surface area contributed by atoms with Crippen molar-refractivity contribution in [3.8, 4) is 17.6 Å². The molecule has 204 valence electrons. The third-order valence-corrected chi connectivity index (χ3v) is 6.31. The minimum Gasteiger partial charge on any atom is -0.492 e. The predicted octanol–water partition coefficient (Wildman–Crippen LogP) is 6.86. The zero-order valence-electron chi connectivity index (χ0n) is 22.0. The van der Waals surface area contributed by atoms with Crippen LogP contribution >= 0.6 is 11.6 Å². The Morgan fingerprint density at radius 1 is 1.10 bits per heavy atom. The van der Waals surface area contributed by atoms with Gasteiger partial charge in [0.05, 0.1) is 52.3 Å². The summed E-state index contributed by atoms with van der Waals surface area (Å²) in [7, 11) is 0. The van der Waals surface area contributed by atoms with Crippen molar-refractivity contribution in [1.82, 2.24) is 15.0 Å². The molecule has 0 atom stereocenters. The zero-order chi connectivity index (χ0) is 28.6. The van der Waals surface area contributed by atoms with E-state index in [0.29, 0.717) is 69.0 Å². The Morgan fingerprint density at radius 2 is 1.95 bits per heavy atom. The van der Waals surface area contributed by atoms with E-state index >= 15 is 0 Å². The maximum Gasteiger partial charge on any atom is 0.248 e. The lowest BCUT2D eigenvalue weighted by Gasteiger charge is -2.16. The van der Waals surface area contributed by atoms with E-state index in [9.17, 15) is 10.1 Å². The summed E-state index contributed by atoms with van der Waals surface area (Å²) in [5.41, 5.74) is 4.20. The molecule has 0 bridgehead atoms. The number of hydrogen-bond acceptors (Lipinski definition) is 7. The van der Waals surface area contributed by atoms with Crippen LogP contribution in [-0.2, 0) is 11.4 Å². The first-order valence-electron chi connectivity index (χ1n) is 12.7. The summed E-state index contributed by atoms with van der Waals surface area (Å²) in [5, 5.41) is 17.1. The quantitative estimate of drug-likeness (QED) is 0.158. The van der Waals surface area contributed by atoms with Crippen LogP contribution in [0.4, 0.5) is 17.1 Å². The molecule has 41 heavy (non-hydrogen) atoms. The molecule has 2 aromatic heterocycles. The fourth-order valence-corrected chi connectivity index (χ4v) is 4.32. The fraction of sp³-hybridized carbons (Fsp3) is 0.0968. The van der Waals surface area contributed by atoms with Gasteiger partial charge in [-0.25, -0.2) is 4.98 Å². The molecule has 3 aromatic carbocycles. The highest BCUT2D eigenvalue weighted by Gasteiger charge is 2.16. The molecule has 0 unspecified atom stereocenters. The van der Waals surface area contributed by atoms with Gasteiger partial charge in [0, 0.05) is 29.4 Å². The summed E-state index contributed by atoms with van der Waals surface area (Å²) in [6.07, 6.45) is 7.63. The highest BCUT2D eigenvalue weighted by Crippen LogP contribution is 2.37. The smallest absolute Gasteiger partial charge is 0.248 e. The van der Waals surface area contributed by atoms with E-state index in [2.05, 4.69) is 31.7 Å². The lowest BCUT2D eigenvalue weighted by Crippen LogP contribution is -2.10. The number of nitrogens with one attached hydrogen (secondary N) is 3. The number of aromatic nitrogens is 3. The first-order valence-corrected chi connectivity index (χ1v) is 13.1. The second-order valence-corrected chi connectivity index (χ2v) is 9.24. The zero-order valence-corrected chi connectivity index (χ0v) is 22.8. The molecule has 0 aliphatic carbocycles. The minimum absolute atomic E-state index is 0.318. The molecule has 10 heteroatoms. The highest BCUT2D eigenvalue weighted by molar-refractivity contribution is 6.32. The van der Waals surface area contributed by atoms with Gasteiger partial charge in [-0.05, 0) is 42.8 Å². The van der Waals surface area contributed by atoms with Gasteiger partial charge in [-0.15, -0.1) is 0 Å². The van der Waals surface area contributed by atoms with Gasteiger partial charge in [0.25, 0.3) is 0 Å². The number of rotatable bonds is 10. The van der Waals surface area contributed by atoms with Gasteiger partial charge < -0.3 is 25.1 Å². The molecule has 0 saturated carbocycles. The van der Waals surface area contributed by atoms with Crippen molar-refractivity contribution in [1.29, 1.82) is 5.26 Å². The lowest BCUT2D eigenvalue weighted by atomic mass is 10.1. The normalized spacial score (nSPS) is 10.9. The Labute approximate surface area is 241 Å². The van der Waals surface area contributed by atoms with Crippen LogP contribution in [0.2, 0.25) is 5.02 Å². The average molecular weight is 565 g/mol. The van der Waals surface area contributed by atoms with Gasteiger partial charge in [-0.3, -0.25) is 9.78 Å². The van der Waals surface area contributed by atoms with E-state index in [4.69, 9.17) is 21.1 Å². The Kier molecular flexibility index (Phi) is 8.43. The molecule has 0 spiro atoms. The number of pyridine rings is 1. The molecular formula is C31H25ClN6O3. The first kappa shape index (κ1) is 27.2. The summed E-state index contributed by atoms with van der Waals surface area (Å²) in [6, 6.07) is 20.8. The Morgan fingerprint density at radius 3 is 2.68 bits per heavy atom. The molecular weight excluding hydrogens is 540 g/mol. The van der Waals surface area contributed by atoms with E-state index in [1.54, 1.807) is 36.5 Å². The number of benzene rings is 3. The Hall–Kier alpha value is -5.33. The van der Waals surface area contributed by atoms with Gasteiger partial charge in [0.15, 0.2) is 0 Å². The van der Waals surface area contributed by atoms with Crippen molar-refractivity contribution >= 4 is 51.5 Å². The van der Waals surface area contributed by atoms with Gasteiger partial charge >= 0.3 is 0 Å². The van der Waals surface area contributed by atoms with Gasteiger partial charge in [0.2, 0.25) is 5.91 Å². The fourth-order valence-electron chi connectivity index (χ4n) is 4.08. The Balaban J connectivity index is 1.44. The molecule has 2 heterocycles. The van der Waals surface area contributed by atoms with Crippen LogP contribution in [0.25, 0.3) is 17.0 Å². The number of halogens is 1. The molecule has 9 nitrogen and oxygen atoms in total. The van der Waals surface area contributed by atoms with Gasteiger partial charge in [0.1, 0.15) is 24.2 Å². The number of carbonyl (C=O) groups is 1. The van der Waals surface area contributed by atoms with Crippen molar-refractivity contribution in [2.75, 3.05) is 17.2 Å². The van der Waals surface area contributed by atoms with Crippen molar-refractivity contribution < 1.29 is 14.3 Å². The van der Waals surface area contributed by atoms with Crippen molar-refractivity contribution in [3.05, 3.63) is 107 Å². The second kappa shape index (κ2) is 12.7. The topological polar surface area (TPSA) is 125 Å². The SMILES string of the molecule is CCOc1cc2ncc(C#N)c(Nc3ccc(OCc4ccccc4)c(Cl)c3)c2cc1NC(=O)/C=C/c1cnc[nH]1. The van der Waals surface area contributed by atoms with E-state index in [0.717, 1.165) is 5.56 Å². The first-order chi connectivity index (χ1) is 20.0. The molecule has 5 rings (SSSR count). The number of H-pyrrole nitrogens is 1. The number of anilines is 3. The number of aromatic amines is 1.